The molecule has 4 nitrogen and oxygen atoms in total. The van der Waals surface area contributed by atoms with Crippen molar-refractivity contribution in [1.29, 1.82) is 0 Å². The van der Waals surface area contributed by atoms with Crippen molar-refractivity contribution in [3.63, 3.8) is 0 Å². The Morgan fingerprint density at radius 2 is 2.06 bits per heavy atom. The number of carbonyl (C=O) groups is 1. The van der Waals surface area contributed by atoms with Crippen LogP contribution in [0, 0.1) is 0 Å². The Bertz CT molecular complexity index is 238. The summed E-state index contributed by atoms with van der Waals surface area (Å²) in [4.78, 5) is 16.4. The first-order valence-electron chi connectivity index (χ1n) is 6.54. The maximum atomic E-state index is 12.1. The van der Waals surface area contributed by atoms with E-state index in [0.29, 0.717) is 18.5 Å². The smallest absolute Gasteiger partial charge is 0.236 e. The topological polar surface area (TPSA) is 35.6 Å². The summed E-state index contributed by atoms with van der Waals surface area (Å²) in [5.74, 6) is 0.321. The van der Waals surface area contributed by atoms with Crippen molar-refractivity contribution in [3.05, 3.63) is 0 Å². The SMILES string of the molecule is CCC1CCCN1CC(=O)N1CCNCC1. The summed E-state index contributed by atoms with van der Waals surface area (Å²) in [5, 5.41) is 3.28. The van der Waals surface area contributed by atoms with Crippen LogP contribution >= 0.6 is 0 Å². The quantitative estimate of drug-likeness (QED) is 0.750. The van der Waals surface area contributed by atoms with Crippen LogP contribution in [0.1, 0.15) is 26.2 Å². The molecule has 1 atom stereocenters. The van der Waals surface area contributed by atoms with E-state index < -0.39 is 0 Å². The van der Waals surface area contributed by atoms with Gasteiger partial charge in [0.05, 0.1) is 6.54 Å². The van der Waals surface area contributed by atoms with E-state index in [1.54, 1.807) is 0 Å². The number of hydrogen-bond donors (Lipinski definition) is 1. The minimum Gasteiger partial charge on any atom is -0.339 e. The van der Waals surface area contributed by atoms with Crippen LogP contribution in [0.4, 0.5) is 0 Å². The monoisotopic (exact) mass is 225 g/mol. The zero-order valence-electron chi connectivity index (χ0n) is 10.2. The third kappa shape index (κ3) is 2.74. The Hall–Kier alpha value is -0.610. The van der Waals surface area contributed by atoms with Gasteiger partial charge in [0.2, 0.25) is 5.91 Å². The van der Waals surface area contributed by atoms with Crippen LogP contribution in [0.5, 0.6) is 0 Å². The van der Waals surface area contributed by atoms with Gasteiger partial charge in [0, 0.05) is 32.2 Å². The molecule has 0 saturated carbocycles. The predicted octanol–water partition coefficient (Wildman–Crippen LogP) is 0.293. The lowest BCUT2D eigenvalue weighted by molar-refractivity contribution is -0.133. The fourth-order valence-electron chi connectivity index (χ4n) is 2.75. The highest BCUT2D eigenvalue weighted by Gasteiger charge is 2.26. The summed E-state index contributed by atoms with van der Waals surface area (Å²) >= 11 is 0. The summed E-state index contributed by atoms with van der Waals surface area (Å²) < 4.78 is 0. The van der Waals surface area contributed by atoms with Gasteiger partial charge >= 0.3 is 0 Å². The molecule has 1 amide bonds. The van der Waals surface area contributed by atoms with Crippen LogP contribution in [-0.4, -0.2) is 61.0 Å². The number of hydrogen-bond acceptors (Lipinski definition) is 3. The first-order chi connectivity index (χ1) is 7.81. The van der Waals surface area contributed by atoms with Crippen molar-refractivity contribution in [2.45, 2.75) is 32.2 Å². The normalized spacial score (nSPS) is 27.3. The van der Waals surface area contributed by atoms with Crippen LogP contribution in [0.2, 0.25) is 0 Å². The Balaban J connectivity index is 1.81. The average Bonchev–Trinajstić information content (AvgIpc) is 2.77. The molecule has 0 aromatic heterocycles. The first-order valence-corrected chi connectivity index (χ1v) is 6.54. The third-order valence-corrected chi connectivity index (χ3v) is 3.78. The van der Waals surface area contributed by atoms with E-state index in [1.165, 1.54) is 19.3 Å². The standard InChI is InChI=1S/C12H23N3O/c1-2-11-4-3-7-15(11)10-12(16)14-8-5-13-6-9-14/h11,13H,2-10H2,1H3. The summed E-state index contributed by atoms with van der Waals surface area (Å²) in [5.41, 5.74) is 0. The Kier molecular flexibility index (Phi) is 4.18. The van der Waals surface area contributed by atoms with Gasteiger partial charge in [0.15, 0.2) is 0 Å². The van der Waals surface area contributed by atoms with Gasteiger partial charge in [-0.25, -0.2) is 0 Å². The number of rotatable bonds is 3. The largest absolute Gasteiger partial charge is 0.339 e. The molecule has 4 heteroatoms. The third-order valence-electron chi connectivity index (χ3n) is 3.78. The lowest BCUT2D eigenvalue weighted by atomic mass is 10.2. The zero-order valence-corrected chi connectivity index (χ0v) is 10.2. The predicted molar refractivity (Wildman–Crippen MR) is 64.3 cm³/mol. The molecule has 2 fully saturated rings. The lowest BCUT2D eigenvalue weighted by Crippen LogP contribution is -2.50. The van der Waals surface area contributed by atoms with Gasteiger partial charge in [-0.1, -0.05) is 6.92 Å². The van der Waals surface area contributed by atoms with Crippen molar-refractivity contribution in [2.24, 2.45) is 0 Å². The van der Waals surface area contributed by atoms with Gasteiger partial charge in [-0.15, -0.1) is 0 Å². The Labute approximate surface area is 98.0 Å². The Morgan fingerprint density at radius 1 is 1.31 bits per heavy atom. The number of amides is 1. The van der Waals surface area contributed by atoms with Crippen molar-refractivity contribution in [2.75, 3.05) is 39.3 Å². The van der Waals surface area contributed by atoms with E-state index in [9.17, 15) is 4.79 Å². The van der Waals surface area contributed by atoms with Crippen molar-refractivity contribution >= 4 is 5.91 Å². The molecule has 0 bridgehead atoms. The maximum Gasteiger partial charge on any atom is 0.236 e. The van der Waals surface area contributed by atoms with Crippen molar-refractivity contribution in [1.82, 2.24) is 15.1 Å². The van der Waals surface area contributed by atoms with Gasteiger partial charge in [-0.2, -0.15) is 0 Å². The first kappa shape index (κ1) is 11.9. The molecule has 92 valence electrons. The van der Waals surface area contributed by atoms with Gasteiger partial charge < -0.3 is 10.2 Å². The summed E-state index contributed by atoms with van der Waals surface area (Å²) in [6.45, 7) is 7.62. The molecule has 0 spiro atoms. The Morgan fingerprint density at radius 3 is 2.75 bits per heavy atom. The van der Waals surface area contributed by atoms with Gasteiger partial charge in [-0.3, -0.25) is 9.69 Å². The van der Waals surface area contributed by atoms with Crippen LogP contribution < -0.4 is 5.32 Å². The number of nitrogens with zero attached hydrogens (tertiary/aromatic N) is 2. The van der Waals surface area contributed by atoms with Crippen LogP contribution in [0.15, 0.2) is 0 Å². The molecule has 2 aliphatic heterocycles. The van der Waals surface area contributed by atoms with E-state index in [1.807, 2.05) is 4.90 Å². The van der Waals surface area contributed by atoms with Gasteiger partial charge in [0.1, 0.15) is 0 Å². The minimum atomic E-state index is 0.321. The van der Waals surface area contributed by atoms with Crippen LogP contribution in [-0.2, 0) is 4.79 Å². The van der Waals surface area contributed by atoms with E-state index in [2.05, 4.69) is 17.1 Å². The zero-order chi connectivity index (χ0) is 11.4. The van der Waals surface area contributed by atoms with Crippen LogP contribution in [0.25, 0.3) is 0 Å². The highest BCUT2D eigenvalue weighted by molar-refractivity contribution is 5.78. The van der Waals surface area contributed by atoms with E-state index in [4.69, 9.17) is 0 Å². The summed E-state index contributed by atoms with van der Waals surface area (Å²) in [6.07, 6.45) is 3.70. The average molecular weight is 225 g/mol. The summed E-state index contributed by atoms with van der Waals surface area (Å²) in [6, 6.07) is 0.645. The fourth-order valence-corrected chi connectivity index (χ4v) is 2.75. The molecule has 16 heavy (non-hydrogen) atoms. The highest BCUT2D eigenvalue weighted by atomic mass is 16.2. The molecule has 0 aromatic carbocycles. The molecular formula is C12H23N3O. The summed E-state index contributed by atoms with van der Waals surface area (Å²) in [7, 11) is 0. The van der Waals surface area contributed by atoms with Gasteiger partial charge in [0.25, 0.3) is 0 Å². The second-order valence-electron chi connectivity index (χ2n) is 4.81. The molecule has 2 rings (SSSR count). The van der Waals surface area contributed by atoms with E-state index >= 15 is 0 Å². The molecule has 1 unspecified atom stereocenters. The second-order valence-corrected chi connectivity index (χ2v) is 4.81. The highest BCUT2D eigenvalue weighted by Crippen LogP contribution is 2.19. The lowest BCUT2D eigenvalue weighted by Gasteiger charge is -2.30. The molecule has 2 saturated heterocycles. The fraction of sp³-hybridized carbons (Fsp3) is 0.917. The molecule has 0 aromatic rings. The number of piperazine rings is 1. The molecule has 2 heterocycles. The number of nitrogens with one attached hydrogen (secondary N) is 1. The molecule has 1 N–H and O–H groups in total. The molecular weight excluding hydrogens is 202 g/mol. The number of carbonyl (C=O) groups excluding carboxylic acids is 1. The maximum absolute atomic E-state index is 12.1. The number of likely N-dealkylation sites (tertiary alicyclic amines) is 1. The van der Waals surface area contributed by atoms with Crippen molar-refractivity contribution in [3.8, 4) is 0 Å². The molecule has 2 aliphatic rings. The van der Waals surface area contributed by atoms with E-state index in [0.717, 1.165) is 32.7 Å². The van der Waals surface area contributed by atoms with Crippen molar-refractivity contribution < 1.29 is 4.79 Å². The second kappa shape index (κ2) is 5.64. The molecule has 0 aliphatic carbocycles. The van der Waals surface area contributed by atoms with E-state index in [-0.39, 0.29) is 0 Å². The van der Waals surface area contributed by atoms with Crippen LogP contribution in [0.3, 0.4) is 0 Å². The minimum absolute atomic E-state index is 0.321. The molecule has 0 radical (unpaired) electrons. The van der Waals surface area contributed by atoms with Gasteiger partial charge in [-0.05, 0) is 25.8 Å².